The third-order valence-electron chi connectivity index (χ3n) is 0. The summed E-state index contributed by atoms with van der Waals surface area (Å²) < 4.78 is 0. The van der Waals surface area contributed by atoms with E-state index in [1.54, 1.807) is 0 Å². The Kier molecular flexibility index (Phi) is 86.3. The summed E-state index contributed by atoms with van der Waals surface area (Å²) in [4.78, 5) is 0. The first kappa shape index (κ1) is 16.8. The van der Waals surface area contributed by atoms with Crippen molar-refractivity contribution in [2.24, 2.45) is 0 Å². The number of hydrogen-bond donors (Lipinski definition) is 0. The SMILES string of the molecule is P=S.[Li].[SnH2]. The second kappa shape index (κ2) is 20.5. The van der Waals surface area contributed by atoms with E-state index in [0.717, 1.165) is 0 Å². The van der Waals surface area contributed by atoms with E-state index in [-0.39, 0.29) is 42.8 Å². The van der Waals surface area contributed by atoms with E-state index in [0.29, 0.717) is 0 Å². The first-order valence-electron chi connectivity index (χ1n) is 0.204. The summed E-state index contributed by atoms with van der Waals surface area (Å²) in [5.74, 6) is 0. The average molecular weight is 192 g/mol. The molecule has 0 N–H and O–H groups in total. The molecule has 4 heavy (non-hydrogen) atoms. The molecule has 0 aliphatic heterocycles. The zero-order chi connectivity index (χ0) is 2.00. The van der Waals surface area contributed by atoms with Crippen LogP contribution in [0.5, 0.6) is 0 Å². The van der Waals surface area contributed by atoms with Crippen LogP contribution in [-0.4, -0.2) is 42.8 Å². The molecule has 0 bridgehead atoms. The Labute approximate surface area is 62.1 Å². The molecule has 0 aliphatic rings. The Morgan fingerprint density at radius 2 is 1.25 bits per heavy atom. The first-order valence-corrected chi connectivity index (χ1v) is 1.84. The summed E-state index contributed by atoms with van der Waals surface area (Å²) in [6.45, 7) is 0. The Morgan fingerprint density at radius 1 is 1.25 bits per heavy atom. The maximum atomic E-state index is 3.89. The van der Waals surface area contributed by atoms with Crippen molar-refractivity contribution in [3.8, 4) is 0 Å². The monoisotopic (exact) mass is 193 g/mol. The van der Waals surface area contributed by atoms with Crippen LogP contribution in [-0.2, 0) is 11.8 Å². The third-order valence-corrected chi connectivity index (χ3v) is 0. The summed E-state index contributed by atoms with van der Waals surface area (Å²) in [5.41, 5.74) is 0. The fourth-order valence-electron chi connectivity index (χ4n) is 0. The van der Waals surface area contributed by atoms with Gasteiger partial charge in [-0.1, -0.05) is 11.8 Å². The number of rotatable bonds is 0. The minimum absolute atomic E-state index is 0. The molecule has 0 atom stereocenters. The molecule has 0 saturated carbocycles. The van der Waals surface area contributed by atoms with Gasteiger partial charge >= 0.3 is 23.9 Å². The standard InChI is InChI=1S/Li.HPS.Sn.2H/c;1-2;;;/h;1H;;;. The summed E-state index contributed by atoms with van der Waals surface area (Å²) >= 11 is 3.89. The van der Waals surface area contributed by atoms with Gasteiger partial charge in [0.1, 0.15) is 0 Å². The van der Waals surface area contributed by atoms with Crippen LogP contribution in [0, 0.1) is 0 Å². The zero-order valence-electron chi connectivity index (χ0n) is 2.62. The summed E-state index contributed by atoms with van der Waals surface area (Å²) in [6.07, 6.45) is 0. The van der Waals surface area contributed by atoms with Crippen molar-refractivity contribution in [3.05, 3.63) is 0 Å². The first-order chi connectivity index (χ1) is 1.00. The topological polar surface area (TPSA) is 0 Å². The molecule has 0 nitrogen and oxygen atoms in total. The molecular weight excluding hydrogens is 189 g/mol. The van der Waals surface area contributed by atoms with Crippen molar-refractivity contribution < 1.29 is 0 Å². The molecule has 3 radical (unpaired) electrons. The van der Waals surface area contributed by atoms with E-state index in [1.807, 2.05) is 0 Å². The predicted molar refractivity (Wildman–Crippen MR) is 30.0 cm³/mol. The van der Waals surface area contributed by atoms with Crippen molar-refractivity contribution in [1.29, 1.82) is 0 Å². The normalized spacial score (nSPS) is 1.00. The molecule has 0 rings (SSSR count). The fraction of sp³-hybridized carbons (Fsp3) is 0. The van der Waals surface area contributed by atoms with Crippen LogP contribution in [0.3, 0.4) is 0 Å². The third kappa shape index (κ3) is 9.07. The second-order valence-corrected chi connectivity index (χ2v) is 0. The quantitative estimate of drug-likeness (QED) is 0.360. The van der Waals surface area contributed by atoms with Crippen LogP contribution >= 0.6 is 8.02 Å². The van der Waals surface area contributed by atoms with Crippen LogP contribution in [0.4, 0.5) is 0 Å². The maximum absolute atomic E-state index is 3.89. The van der Waals surface area contributed by atoms with E-state index in [1.165, 1.54) is 0 Å². The predicted octanol–water partition coefficient (Wildman–Crippen LogP) is -0.706. The van der Waals surface area contributed by atoms with Gasteiger partial charge in [-0.25, -0.2) is 0 Å². The minimum atomic E-state index is 0. The van der Waals surface area contributed by atoms with E-state index in [4.69, 9.17) is 0 Å². The van der Waals surface area contributed by atoms with Gasteiger partial charge in [0, 0.05) is 18.9 Å². The Balaban J connectivity index is -0.00000000500. The molecule has 19 valence electrons. The molecular formula is H3LiPSSn. The van der Waals surface area contributed by atoms with Gasteiger partial charge in [-0.15, -0.1) is 0 Å². The summed E-state index contributed by atoms with van der Waals surface area (Å²) in [5, 5.41) is 0. The fourth-order valence-corrected chi connectivity index (χ4v) is 0. The molecule has 0 aromatic rings. The molecule has 0 saturated heterocycles. The molecule has 0 aromatic carbocycles. The summed E-state index contributed by atoms with van der Waals surface area (Å²) in [6, 6.07) is 0. The van der Waals surface area contributed by atoms with Crippen molar-refractivity contribution in [1.82, 2.24) is 0 Å². The Bertz CT molecular complexity index is 8.00. The van der Waals surface area contributed by atoms with Gasteiger partial charge in [0.15, 0.2) is 0 Å². The molecule has 0 unspecified atom stereocenters. The molecule has 4 heteroatoms. The van der Waals surface area contributed by atoms with Crippen molar-refractivity contribution in [3.63, 3.8) is 0 Å². The molecule has 0 fully saturated rings. The molecule has 0 aromatic heterocycles. The van der Waals surface area contributed by atoms with Gasteiger partial charge < -0.3 is 0 Å². The molecule has 0 amide bonds. The van der Waals surface area contributed by atoms with Crippen molar-refractivity contribution in [2.45, 2.75) is 0 Å². The van der Waals surface area contributed by atoms with Crippen LogP contribution < -0.4 is 0 Å². The Hall–Kier alpha value is 1.92. The van der Waals surface area contributed by atoms with Crippen LogP contribution in [0.15, 0.2) is 0 Å². The van der Waals surface area contributed by atoms with Gasteiger partial charge in [0.2, 0.25) is 0 Å². The van der Waals surface area contributed by atoms with E-state index in [9.17, 15) is 0 Å². The van der Waals surface area contributed by atoms with Crippen molar-refractivity contribution >= 4 is 62.6 Å². The molecule has 0 aliphatic carbocycles. The van der Waals surface area contributed by atoms with E-state index in [2.05, 4.69) is 19.8 Å². The van der Waals surface area contributed by atoms with Gasteiger partial charge in [-0.3, -0.25) is 0 Å². The number of hydrogen-bond acceptors (Lipinski definition) is 1. The van der Waals surface area contributed by atoms with E-state index < -0.39 is 0 Å². The Morgan fingerprint density at radius 3 is 1.25 bits per heavy atom. The molecule has 0 spiro atoms. The summed E-state index contributed by atoms with van der Waals surface area (Å²) in [7, 11) is 2.56. The van der Waals surface area contributed by atoms with Gasteiger partial charge in [0.05, 0.1) is 0 Å². The van der Waals surface area contributed by atoms with Crippen LogP contribution in [0.25, 0.3) is 0 Å². The van der Waals surface area contributed by atoms with Crippen LogP contribution in [0.2, 0.25) is 0 Å². The van der Waals surface area contributed by atoms with Gasteiger partial charge in [0.25, 0.3) is 0 Å². The van der Waals surface area contributed by atoms with Gasteiger partial charge in [-0.2, -0.15) is 0 Å². The second-order valence-electron chi connectivity index (χ2n) is 0. The van der Waals surface area contributed by atoms with Crippen LogP contribution in [0.1, 0.15) is 0 Å². The molecule has 0 heterocycles. The van der Waals surface area contributed by atoms with E-state index >= 15 is 0 Å². The zero-order valence-corrected chi connectivity index (χ0v) is 8.47. The van der Waals surface area contributed by atoms with Gasteiger partial charge in [-0.05, 0) is 8.02 Å². The van der Waals surface area contributed by atoms with Crippen molar-refractivity contribution in [2.75, 3.05) is 0 Å². The average Bonchev–Trinajstić information content (AvgIpc) is 1.00.